The molecule has 6 aromatic heterocycles. The number of halogens is 2. The largest absolute Gasteiger partial charge is 0.384 e. The van der Waals surface area contributed by atoms with Gasteiger partial charge in [-0.1, -0.05) is 19.1 Å². The first kappa shape index (κ1) is 37.2. The third-order valence-corrected chi connectivity index (χ3v) is 11.8. The van der Waals surface area contributed by atoms with E-state index in [0.29, 0.717) is 67.8 Å². The number of anilines is 2. The van der Waals surface area contributed by atoms with Crippen LogP contribution in [0.25, 0.3) is 66.6 Å². The summed E-state index contributed by atoms with van der Waals surface area (Å²) in [4.78, 5) is 37.9. The van der Waals surface area contributed by atoms with Crippen LogP contribution in [0, 0.1) is 12.8 Å². The normalized spacial score (nSPS) is 15.2. The molecule has 7 heterocycles. The second-order valence-corrected chi connectivity index (χ2v) is 16.4. The molecule has 2 fully saturated rings. The fourth-order valence-electron chi connectivity index (χ4n) is 8.69. The molecular weight excluding hydrogens is 747 g/mol. The van der Waals surface area contributed by atoms with Crippen LogP contribution in [-0.2, 0) is 19.6 Å². The maximum Gasteiger partial charge on any atom is 0.269 e. The van der Waals surface area contributed by atoms with Crippen LogP contribution in [0.2, 0.25) is 0 Å². The van der Waals surface area contributed by atoms with Gasteiger partial charge in [-0.15, -0.1) is 0 Å². The molecule has 0 amide bonds. The number of H-pyrrole nitrogens is 4. The van der Waals surface area contributed by atoms with Crippen molar-refractivity contribution in [1.29, 1.82) is 0 Å². The van der Waals surface area contributed by atoms with Crippen molar-refractivity contribution >= 4 is 55.8 Å². The number of nitrogen functional groups attached to an aromatic ring is 1. The number of aromatic amines is 4. The molecule has 302 valence electrons. The second kappa shape index (κ2) is 15.2. The molecule has 0 bridgehead atoms. The molecule has 10 rings (SSSR count). The minimum atomic E-state index is -1.52. The van der Waals surface area contributed by atoms with Gasteiger partial charge in [-0.25, -0.2) is 19.9 Å². The highest BCUT2D eigenvalue weighted by Crippen LogP contribution is 2.35. The number of fused-ring (bicyclic) bond motifs is 4. The van der Waals surface area contributed by atoms with Gasteiger partial charge >= 0.3 is 0 Å². The summed E-state index contributed by atoms with van der Waals surface area (Å²) in [5.41, 5.74) is 17.7. The van der Waals surface area contributed by atoms with Gasteiger partial charge in [-0.3, -0.25) is 9.80 Å². The van der Waals surface area contributed by atoms with Gasteiger partial charge in [0.05, 0.1) is 17.6 Å². The number of hydrogen-bond donors (Lipinski definition) is 6. The van der Waals surface area contributed by atoms with Crippen LogP contribution in [0.15, 0.2) is 72.3 Å². The maximum absolute atomic E-state index is 13.1. The zero-order valence-corrected chi connectivity index (χ0v) is 33.4. The molecule has 0 unspecified atom stereocenters. The lowest BCUT2D eigenvalue weighted by Gasteiger charge is -2.27. The first-order valence-electron chi connectivity index (χ1n) is 20.7. The molecule has 0 radical (unpaired) electrons. The van der Waals surface area contributed by atoms with E-state index in [1.54, 1.807) is 0 Å². The highest BCUT2D eigenvalue weighted by atomic mass is 19.3. The van der Waals surface area contributed by atoms with E-state index in [9.17, 15) is 8.78 Å². The summed E-state index contributed by atoms with van der Waals surface area (Å²) in [6.45, 7) is 9.83. The van der Waals surface area contributed by atoms with Crippen LogP contribution in [0.4, 0.5) is 20.4 Å². The summed E-state index contributed by atoms with van der Waals surface area (Å²) in [7, 11) is 0. The molecule has 0 spiro atoms. The molecule has 2 aromatic carbocycles. The Morgan fingerprint density at radius 2 is 1.49 bits per heavy atom. The van der Waals surface area contributed by atoms with Crippen LogP contribution >= 0.6 is 0 Å². The summed E-state index contributed by atoms with van der Waals surface area (Å²) in [6.07, 6.45) is 3.20. The monoisotopic (exact) mass is 794 g/mol. The van der Waals surface area contributed by atoms with Crippen molar-refractivity contribution in [3.63, 3.8) is 0 Å². The topological polar surface area (TPSA) is 159 Å². The van der Waals surface area contributed by atoms with Crippen LogP contribution in [-0.4, -0.2) is 75.9 Å². The quantitative estimate of drug-likeness (QED) is 0.0674. The average molecular weight is 795 g/mol. The lowest BCUT2D eigenvalue weighted by molar-refractivity contribution is 0.240. The first-order chi connectivity index (χ1) is 28.7. The van der Waals surface area contributed by atoms with Gasteiger partial charge in [0, 0.05) is 77.0 Å². The van der Waals surface area contributed by atoms with Gasteiger partial charge in [-0.05, 0) is 117 Å². The van der Waals surface area contributed by atoms with Crippen molar-refractivity contribution in [3.05, 3.63) is 95.1 Å². The third-order valence-electron chi connectivity index (χ3n) is 11.8. The van der Waals surface area contributed by atoms with Crippen LogP contribution in [0.5, 0.6) is 0 Å². The van der Waals surface area contributed by atoms with Crippen LogP contribution in [0.1, 0.15) is 61.8 Å². The van der Waals surface area contributed by atoms with E-state index in [0.717, 1.165) is 86.8 Å². The summed E-state index contributed by atoms with van der Waals surface area (Å²) >= 11 is 0. The van der Waals surface area contributed by atoms with E-state index in [4.69, 9.17) is 20.7 Å². The van der Waals surface area contributed by atoms with Gasteiger partial charge in [0.1, 0.15) is 23.3 Å². The summed E-state index contributed by atoms with van der Waals surface area (Å²) in [5, 5.41) is 5.72. The third kappa shape index (κ3) is 7.77. The maximum atomic E-state index is 13.1. The lowest BCUT2D eigenvalue weighted by atomic mass is 10.0. The number of benzene rings is 2. The molecule has 0 atom stereocenters. The van der Waals surface area contributed by atoms with Crippen molar-refractivity contribution in [1.82, 2.24) is 49.7 Å². The number of aryl methyl sites for hydroxylation is 1. The number of imidazole rings is 2. The number of likely N-dealkylation sites (tertiary alicyclic amines) is 1. The standard InChI is InChI=1S/C45H48F2N12/c1-3-12-59(22-26-4-5-26)24-28-7-9-35-31(16-28)18-37(53-35)33-20-39(56-44-41(33)50-25(2)51-44)49-21-40-55-42-32(19-38(48)54-45(42)57-40)36-17-30-15-27(6-8-34(30)52-36)23-58-13-10-29(11-14-58)43(46)47/h6-9,15-20,26,52-53H,3-5,10-14,21-24H2,1-2H3,(H3,48,54,55,57)(H2,49,50,51,56). The lowest BCUT2D eigenvalue weighted by Crippen LogP contribution is -2.30. The molecule has 1 aliphatic heterocycles. The molecule has 2 aliphatic rings. The Hall–Kier alpha value is -6.12. The minimum Gasteiger partial charge on any atom is -0.384 e. The van der Waals surface area contributed by atoms with Gasteiger partial charge in [0.2, 0.25) is 0 Å². The van der Waals surface area contributed by atoms with Crippen molar-refractivity contribution in [2.24, 2.45) is 5.92 Å². The van der Waals surface area contributed by atoms with Crippen LogP contribution < -0.4 is 11.1 Å². The predicted molar refractivity (Wildman–Crippen MR) is 231 cm³/mol. The van der Waals surface area contributed by atoms with Crippen molar-refractivity contribution in [2.75, 3.05) is 37.2 Å². The SMILES string of the molecule is CCCN(Cc1ccc2[nH]c(-c3cc(NCc4nc5nc(N)cc(-c6cc7cc(CN8CCC(=C(F)F)CC8)ccc7[nH]6)c5[nH]4)nc4nc(C)[nH]c34)cc2c1)CC1CC1. The zero-order chi connectivity index (χ0) is 40.2. The fourth-order valence-corrected chi connectivity index (χ4v) is 8.69. The fraction of sp³-hybridized carbons (Fsp3) is 0.333. The van der Waals surface area contributed by atoms with E-state index in [-0.39, 0.29) is 5.57 Å². The summed E-state index contributed by atoms with van der Waals surface area (Å²) in [5.74, 6) is 3.38. The second-order valence-electron chi connectivity index (χ2n) is 16.4. The Balaban J connectivity index is 0.888. The number of nitrogens with one attached hydrogen (secondary N) is 5. The number of hydrogen-bond acceptors (Lipinski definition) is 8. The van der Waals surface area contributed by atoms with E-state index >= 15 is 0 Å². The molecule has 1 saturated heterocycles. The Labute approximate surface area is 339 Å². The number of aromatic nitrogens is 8. The van der Waals surface area contributed by atoms with Gasteiger partial charge < -0.3 is 31.0 Å². The zero-order valence-electron chi connectivity index (χ0n) is 33.4. The van der Waals surface area contributed by atoms with Crippen molar-refractivity contribution in [3.8, 4) is 22.5 Å². The molecule has 12 nitrogen and oxygen atoms in total. The van der Waals surface area contributed by atoms with E-state index in [2.05, 4.69) is 102 Å². The van der Waals surface area contributed by atoms with Gasteiger partial charge in [-0.2, -0.15) is 8.78 Å². The molecular formula is C45H48F2N12. The minimum absolute atomic E-state index is 0.284. The Bertz CT molecular complexity index is 2860. The first-order valence-corrected chi connectivity index (χ1v) is 20.7. The Morgan fingerprint density at radius 3 is 2.20 bits per heavy atom. The Morgan fingerprint density at radius 1 is 0.814 bits per heavy atom. The van der Waals surface area contributed by atoms with Gasteiger partial charge in [0.15, 0.2) is 11.3 Å². The molecule has 8 aromatic rings. The smallest absolute Gasteiger partial charge is 0.269 e. The molecule has 14 heteroatoms. The number of nitrogens with two attached hydrogens (primary N) is 1. The number of pyridine rings is 2. The van der Waals surface area contributed by atoms with Crippen molar-refractivity contribution < 1.29 is 8.78 Å². The van der Waals surface area contributed by atoms with Crippen molar-refractivity contribution in [2.45, 2.75) is 65.6 Å². The molecule has 7 N–H and O–H groups in total. The average Bonchev–Trinajstić information content (AvgIpc) is 3.52. The van der Waals surface area contributed by atoms with E-state index in [1.807, 2.05) is 13.0 Å². The summed E-state index contributed by atoms with van der Waals surface area (Å²) < 4.78 is 26.1. The van der Waals surface area contributed by atoms with E-state index < -0.39 is 6.08 Å². The molecule has 1 saturated carbocycles. The van der Waals surface area contributed by atoms with Gasteiger partial charge in [0.25, 0.3) is 6.08 Å². The number of rotatable bonds is 13. The molecule has 1 aliphatic carbocycles. The highest BCUT2D eigenvalue weighted by molar-refractivity contribution is 5.96. The highest BCUT2D eigenvalue weighted by Gasteiger charge is 2.24. The number of piperidine rings is 1. The predicted octanol–water partition coefficient (Wildman–Crippen LogP) is 9.40. The molecule has 59 heavy (non-hydrogen) atoms. The Kier molecular flexibility index (Phi) is 9.60. The van der Waals surface area contributed by atoms with E-state index in [1.165, 1.54) is 30.3 Å². The summed E-state index contributed by atoms with van der Waals surface area (Å²) in [6, 6.07) is 21.3. The number of nitrogens with zero attached hydrogens (tertiary/aromatic N) is 6. The van der Waals surface area contributed by atoms with Crippen LogP contribution in [0.3, 0.4) is 0 Å².